The molecule has 1 atom stereocenters. The number of nitrogens with one attached hydrogen (secondary N) is 1. The van der Waals surface area contributed by atoms with E-state index in [1.54, 1.807) is 18.2 Å². The van der Waals surface area contributed by atoms with Crippen molar-refractivity contribution in [3.63, 3.8) is 0 Å². The van der Waals surface area contributed by atoms with Crippen LogP contribution in [-0.4, -0.2) is 49.0 Å². The molecule has 30 heavy (non-hydrogen) atoms. The van der Waals surface area contributed by atoms with Crippen molar-refractivity contribution in [1.82, 2.24) is 4.90 Å². The summed E-state index contributed by atoms with van der Waals surface area (Å²) in [6.07, 6.45) is 0.243. The van der Waals surface area contributed by atoms with E-state index < -0.39 is 16.7 Å². The van der Waals surface area contributed by atoms with Crippen LogP contribution in [0.25, 0.3) is 0 Å². The third kappa shape index (κ3) is 4.24. The fraction of sp³-hybridized carbons (Fsp3) is 0.333. The Morgan fingerprint density at radius 3 is 2.67 bits per heavy atom. The lowest BCUT2D eigenvalue weighted by molar-refractivity contribution is -0.131. The molecule has 2 aromatic rings. The highest BCUT2D eigenvalue weighted by Gasteiger charge is 2.27. The molecule has 1 N–H and O–H groups in total. The van der Waals surface area contributed by atoms with E-state index >= 15 is 0 Å². The van der Waals surface area contributed by atoms with Crippen LogP contribution in [0.1, 0.15) is 12.5 Å². The summed E-state index contributed by atoms with van der Waals surface area (Å²) in [4.78, 5) is 27.7. The first-order chi connectivity index (χ1) is 14.3. The molecule has 2 aromatic carbocycles. The minimum absolute atomic E-state index is 0.0501. The van der Waals surface area contributed by atoms with Crippen molar-refractivity contribution in [2.75, 3.05) is 36.4 Å². The summed E-state index contributed by atoms with van der Waals surface area (Å²) in [6, 6.07) is 7.55. The molecule has 0 spiro atoms. The highest BCUT2D eigenvalue weighted by atomic mass is 35.5. The number of nitrogens with zero attached hydrogens (tertiary/aromatic N) is 2. The van der Waals surface area contributed by atoms with E-state index in [1.807, 2.05) is 16.7 Å². The van der Waals surface area contributed by atoms with E-state index in [2.05, 4.69) is 5.32 Å². The van der Waals surface area contributed by atoms with Gasteiger partial charge in [-0.2, -0.15) is 0 Å². The van der Waals surface area contributed by atoms with Gasteiger partial charge < -0.3 is 15.0 Å². The third-order valence-electron chi connectivity index (χ3n) is 5.29. The summed E-state index contributed by atoms with van der Waals surface area (Å²) in [5, 5.41) is 2.30. The van der Waals surface area contributed by atoms with Gasteiger partial charge in [-0.05, 0) is 25.1 Å². The van der Waals surface area contributed by atoms with Gasteiger partial charge in [-0.3, -0.25) is 14.5 Å². The number of rotatable bonds is 4. The van der Waals surface area contributed by atoms with E-state index in [4.69, 9.17) is 16.3 Å². The molecular weight excluding hydrogens is 416 g/mol. The van der Waals surface area contributed by atoms with Gasteiger partial charge in [0.1, 0.15) is 22.4 Å². The molecule has 2 heterocycles. The number of fused-ring (bicyclic) bond motifs is 1. The number of anilines is 2. The minimum Gasteiger partial charge on any atom is -0.426 e. The Morgan fingerprint density at radius 2 is 1.97 bits per heavy atom. The highest BCUT2D eigenvalue weighted by molar-refractivity contribution is 6.31. The monoisotopic (exact) mass is 435 g/mol. The SMILES string of the molecule is C[C@@H]1CN(CC(=O)Nc2ccc3c(c2)OC(=O)C3)CCN1c1cc(F)c(Cl)c(F)c1. The van der Waals surface area contributed by atoms with Crippen LogP contribution in [0, 0.1) is 11.6 Å². The minimum atomic E-state index is -0.791. The number of benzene rings is 2. The van der Waals surface area contributed by atoms with Gasteiger partial charge in [-0.1, -0.05) is 17.7 Å². The highest BCUT2D eigenvalue weighted by Crippen LogP contribution is 2.30. The standard InChI is InChI=1S/C21H20ClF2N3O3/c1-12-10-26(4-5-27(12)15-8-16(23)21(22)17(24)9-15)11-19(28)25-14-3-2-13-6-20(29)30-18(13)7-14/h2-3,7-9,12H,4-6,10-11H2,1H3,(H,25,28)/t12-/m1/s1. The number of piperazine rings is 1. The fourth-order valence-electron chi connectivity index (χ4n) is 3.86. The van der Waals surface area contributed by atoms with Crippen molar-refractivity contribution >= 4 is 34.9 Å². The summed E-state index contributed by atoms with van der Waals surface area (Å²) in [5.41, 5.74) is 1.80. The number of hydrogen-bond donors (Lipinski definition) is 1. The molecule has 2 aliphatic rings. The average Bonchev–Trinajstić information content (AvgIpc) is 3.05. The van der Waals surface area contributed by atoms with Crippen molar-refractivity contribution in [3.05, 3.63) is 52.6 Å². The lowest BCUT2D eigenvalue weighted by Gasteiger charge is -2.41. The van der Waals surface area contributed by atoms with Crippen LogP contribution in [0.4, 0.5) is 20.2 Å². The van der Waals surface area contributed by atoms with Crippen LogP contribution >= 0.6 is 11.6 Å². The average molecular weight is 436 g/mol. The first-order valence-corrected chi connectivity index (χ1v) is 9.95. The van der Waals surface area contributed by atoms with Crippen LogP contribution in [0.2, 0.25) is 5.02 Å². The van der Waals surface area contributed by atoms with Crippen LogP contribution in [0.3, 0.4) is 0 Å². The molecule has 1 amide bonds. The van der Waals surface area contributed by atoms with Gasteiger partial charge in [-0.25, -0.2) is 8.78 Å². The Hall–Kier alpha value is -2.71. The topological polar surface area (TPSA) is 61.9 Å². The molecule has 4 rings (SSSR count). The van der Waals surface area contributed by atoms with Crippen LogP contribution in [0.5, 0.6) is 5.75 Å². The van der Waals surface area contributed by atoms with Gasteiger partial charge in [0.15, 0.2) is 0 Å². The maximum atomic E-state index is 13.8. The predicted octanol–water partition coefficient (Wildman–Crippen LogP) is 3.23. The molecule has 0 bridgehead atoms. The van der Waals surface area contributed by atoms with E-state index in [0.717, 1.165) is 5.56 Å². The number of esters is 1. The van der Waals surface area contributed by atoms with Gasteiger partial charge in [0, 0.05) is 48.7 Å². The Labute approximate surface area is 177 Å². The molecule has 1 saturated heterocycles. The second kappa shape index (κ2) is 8.20. The number of carbonyl (C=O) groups is 2. The molecule has 0 unspecified atom stereocenters. The van der Waals surface area contributed by atoms with E-state index in [9.17, 15) is 18.4 Å². The van der Waals surface area contributed by atoms with Gasteiger partial charge in [0.25, 0.3) is 0 Å². The zero-order valence-electron chi connectivity index (χ0n) is 16.3. The molecule has 2 aliphatic heterocycles. The summed E-state index contributed by atoms with van der Waals surface area (Å²) in [6.45, 7) is 3.75. The van der Waals surface area contributed by atoms with Gasteiger partial charge in [-0.15, -0.1) is 0 Å². The Balaban J connectivity index is 1.34. The van der Waals surface area contributed by atoms with Crippen molar-refractivity contribution in [1.29, 1.82) is 0 Å². The molecule has 158 valence electrons. The lowest BCUT2D eigenvalue weighted by atomic mass is 10.1. The van der Waals surface area contributed by atoms with Crippen LogP contribution in [0.15, 0.2) is 30.3 Å². The zero-order valence-corrected chi connectivity index (χ0v) is 17.0. The lowest BCUT2D eigenvalue weighted by Crippen LogP contribution is -2.53. The summed E-state index contributed by atoms with van der Waals surface area (Å²) < 4.78 is 32.7. The van der Waals surface area contributed by atoms with E-state index in [1.165, 1.54) is 12.1 Å². The molecule has 0 radical (unpaired) electrons. The van der Waals surface area contributed by atoms with Crippen LogP contribution < -0.4 is 15.0 Å². The number of amides is 1. The van der Waals surface area contributed by atoms with Crippen molar-refractivity contribution < 1.29 is 23.1 Å². The van der Waals surface area contributed by atoms with E-state index in [-0.39, 0.29) is 30.9 Å². The molecule has 0 aromatic heterocycles. The number of halogens is 3. The quantitative estimate of drug-likeness (QED) is 0.454. The molecular formula is C21H20ClF2N3O3. The maximum absolute atomic E-state index is 13.8. The van der Waals surface area contributed by atoms with Gasteiger partial charge in [0.05, 0.1) is 13.0 Å². The maximum Gasteiger partial charge on any atom is 0.315 e. The normalized spacial score (nSPS) is 18.9. The Kier molecular flexibility index (Phi) is 5.62. The Morgan fingerprint density at radius 1 is 1.23 bits per heavy atom. The Bertz CT molecular complexity index is 994. The first kappa shape index (κ1) is 20.6. The summed E-state index contributed by atoms with van der Waals surface area (Å²) in [5.74, 6) is -1.60. The second-order valence-electron chi connectivity index (χ2n) is 7.52. The molecule has 6 nitrogen and oxygen atoms in total. The molecule has 9 heteroatoms. The van der Waals surface area contributed by atoms with Gasteiger partial charge in [0.2, 0.25) is 5.91 Å². The number of hydrogen-bond acceptors (Lipinski definition) is 5. The van der Waals surface area contributed by atoms with Crippen molar-refractivity contribution in [2.24, 2.45) is 0 Å². The van der Waals surface area contributed by atoms with Gasteiger partial charge >= 0.3 is 5.97 Å². The summed E-state index contributed by atoms with van der Waals surface area (Å²) in [7, 11) is 0. The molecule has 0 saturated carbocycles. The van der Waals surface area contributed by atoms with Crippen LogP contribution in [-0.2, 0) is 16.0 Å². The second-order valence-corrected chi connectivity index (χ2v) is 7.90. The molecule has 0 aliphatic carbocycles. The number of ether oxygens (including phenoxy) is 1. The number of carbonyl (C=O) groups excluding carboxylic acids is 2. The van der Waals surface area contributed by atoms with Crippen molar-refractivity contribution in [2.45, 2.75) is 19.4 Å². The largest absolute Gasteiger partial charge is 0.426 e. The molecule has 1 fully saturated rings. The fourth-order valence-corrected chi connectivity index (χ4v) is 3.97. The smallest absolute Gasteiger partial charge is 0.315 e. The van der Waals surface area contributed by atoms with Crippen molar-refractivity contribution in [3.8, 4) is 5.75 Å². The van der Waals surface area contributed by atoms with E-state index in [0.29, 0.717) is 36.8 Å². The zero-order chi connectivity index (χ0) is 21.4. The third-order valence-corrected chi connectivity index (χ3v) is 5.65. The summed E-state index contributed by atoms with van der Waals surface area (Å²) >= 11 is 5.56. The first-order valence-electron chi connectivity index (χ1n) is 9.57. The predicted molar refractivity (Wildman–Crippen MR) is 109 cm³/mol.